The first-order valence-corrected chi connectivity index (χ1v) is 6.77. The summed E-state index contributed by atoms with van der Waals surface area (Å²) in [6.07, 6.45) is 8.26. The molecule has 1 aliphatic heterocycles. The maximum absolute atomic E-state index is 3.61. The van der Waals surface area contributed by atoms with Crippen LogP contribution in [0.2, 0.25) is 0 Å². The number of rotatable bonds is 2. The SMILES string of the molecule is c1cc(C2CCCCN2)ccc1C1CCC1. The molecule has 1 heteroatoms. The first-order valence-electron chi connectivity index (χ1n) is 6.77. The van der Waals surface area contributed by atoms with Gasteiger partial charge in [-0.3, -0.25) is 0 Å². The monoisotopic (exact) mass is 215 g/mol. The molecule has 2 fully saturated rings. The Morgan fingerprint density at radius 2 is 1.56 bits per heavy atom. The van der Waals surface area contributed by atoms with Gasteiger partial charge in [0.15, 0.2) is 0 Å². The van der Waals surface area contributed by atoms with Crippen LogP contribution in [-0.2, 0) is 0 Å². The van der Waals surface area contributed by atoms with Crippen molar-refractivity contribution >= 4 is 0 Å². The van der Waals surface area contributed by atoms with Gasteiger partial charge in [-0.25, -0.2) is 0 Å². The highest BCUT2D eigenvalue weighted by Crippen LogP contribution is 2.36. The van der Waals surface area contributed by atoms with E-state index >= 15 is 0 Å². The Hall–Kier alpha value is -0.820. The Morgan fingerprint density at radius 1 is 0.812 bits per heavy atom. The van der Waals surface area contributed by atoms with Gasteiger partial charge in [0, 0.05) is 6.04 Å². The highest BCUT2D eigenvalue weighted by molar-refractivity contribution is 5.28. The van der Waals surface area contributed by atoms with E-state index in [9.17, 15) is 0 Å². The summed E-state index contributed by atoms with van der Waals surface area (Å²) in [6, 6.07) is 10.0. The number of nitrogens with one attached hydrogen (secondary N) is 1. The fraction of sp³-hybridized carbons (Fsp3) is 0.600. The summed E-state index contributed by atoms with van der Waals surface area (Å²) in [5, 5.41) is 3.61. The van der Waals surface area contributed by atoms with Gasteiger partial charge in [-0.05, 0) is 49.3 Å². The molecule has 86 valence electrons. The van der Waals surface area contributed by atoms with Crippen molar-refractivity contribution in [3.8, 4) is 0 Å². The smallest absolute Gasteiger partial charge is 0.0320 e. The van der Waals surface area contributed by atoms with Crippen molar-refractivity contribution in [3.05, 3.63) is 35.4 Å². The average Bonchev–Trinajstić information content (AvgIpc) is 2.29. The second kappa shape index (κ2) is 4.58. The first kappa shape index (κ1) is 10.3. The van der Waals surface area contributed by atoms with E-state index in [2.05, 4.69) is 29.6 Å². The zero-order valence-electron chi connectivity index (χ0n) is 9.91. The minimum Gasteiger partial charge on any atom is -0.310 e. The Kier molecular flexibility index (Phi) is 2.96. The molecule has 1 aromatic rings. The molecule has 0 radical (unpaired) electrons. The lowest BCUT2D eigenvalue weighted by Gasteiger charge is -2.27. The highest BCUT2D eigenvalue weighted by Gasteiger charge is 2.20. The van der Waals surface area contributed by atoms with Crippen molar-refractivity contribution in [2.24, 2.45) is 0 Å². The Labute approximate surface area is 98.3 Å². The Balaban J connectivity index is 1.70. The third-order valence-corrected chi connectivity index (χ3v) is 4.23. The van der Waals surface area contributed by atoms with E-state index in [1.165, 1.54) is 50.6 Å². The van der Waals surface area contributed by atoms with Crippen LogP contribution in [0.25, 0.3) is 0 Å². The number of hydrogen-bond donors (Lipinski definition) is 1. The quantitative estimate of drug-likeness (QED) is 0.792. The Morgan fingerprint density at radius 3 is 2.12 bits per heavy atom. The minimum absolute atomic E-state index is 0.615. The summed E-state index contributed by atoms with van der Waals surface area (Å²) in [4.78, 5) is 0. The molecule has 0 amide bonds. The zero-order valence-corrected chi connectivity index (χ0v) is 9.91. The van der Waals surface area contributed by atoms with Crippen molar-refractivity contribution < 1.29 is 0 Å². The molecule has 1 heterocycles. The van der Waals surface area contributed by atoms with Gasteiger partial charge in [-0.1, -0.05) is 37.1 Å². The largest absolute Gasteiger partial charge is 0.310 e. The summed E-state index contributed by atoms with van der Waals surface area (Å²) >= 11 is 0. The van der Waals surface area contributed by atoms with Crippen molar-refractivity contribution in [2.75, 3.05) is 6.54 Å². The maximum Gasteiger partial charge on any atom is 0.0320 e. The van der Waals surface area contributed by atoms with Crippen molar-refractivity contribution in [2.45, 2.75) is 50.5 Å². The van der Waals surface area contributed by atoms with E-state index in [1.807, 2.05) is 0 Å². The molecule has 1 nitrogen and oxygen atoms in total. The van der Waals surface area contributed by atoms with Gasteiger partial charge < -0.3 is 5.32 Å². The predicted octanol–water partition coefficient (Wildman–Crippen LogP) is 3.77. The van der Waals surface area contributed by atoms with Gasteiger partial charge >= 0.3 is 0 Å². The molecule has 3 rings (SSSR count). The topological polar surface area (TPSA) is 12.0 Å². The number of hydrogen-bond acceptors (Lipinski definition) is 1. The summed E-state index contributed by atoms with van der Waals surface area (Å²) < 4.78 is 0. The molecule has 1 atom stereocenters. The molecule has 1 aromatic carbocycles. The second-order valence-electron chi connectivity index (χ2n) is 5.30. The third-order valence-electron chi connectivity index (χ3n) is 4.23. The van der Waals surface area contributed by atoms with Crippen LogP contribution in [0.4, 0.5) is 0 Å². The van der Waals surface area contributed by atoms with Crippen LogP contribution < -0.4 is 5.32 Å². The second-order valence-corrected chi connectivity index (χ2v) is 5.30. The van der Waals surface area contributed by atoms with Gasteiger partial charge in [-0.2, -0.15) is 0 Å². The van der Waals surface area contributed by atoms with Gasteiger partial charge in [0.25, 0.3) is 0 Å². The fourth-order valence-electron chi connectivity index (χ4n) is 2.88. The van der Waals surface area contributed by atoms with Gasteiger partial charge in [0.05, 0.1) is 0 Å². The van der Waals surface area contributed by atoms with Crippen LogP contribution in [0, 0.1) is 0 Å². The number of benzene rings is 1. The molecule has 1 saturated carbocycles. The summed E-state index contributed by atoms with van der Waals surface area (Å²) in [6.45, 7) is 1.19. The molecule has 1 aliphatic carbocycles. The molecule has 0 spiro atoms. The van der Waals surface area contributed by atoms with Crippen molar-refractivity contribution in [3.63, 3.8) is 0 Å². The van der Waals surface area contributed by atoms with E-state index in [1.54, 1.807) is 5.56 Å². The maximum atomic E-state index is 3.61. The number of piperidine rings is 1. The molecule has 1 saturated heterocycles. The van der Waals surface area contributed by atoms with E-state index in [4.69, 9.17) is 0 Å². The van der Waals surface area contributed by atoms with Crippen LogP contribution in [0.15, 0.2) is 24.3 Å². The summed E-state index contributed by atoms with van der Waals surface area (Å²) in [5.74, 6) is 0.869. The van der Waals surface area contributed by atoms with Gasteiger partial charge in [-0.15, -0.1) is 0 Å². The normalized spacial score (nSPS) is 26.4. The lowest BCUT2D eigenvalue weighted by Crippen LogP contribution is -2.26. The predicted molar refractivity (Wildman–Crippen MR) is 67.6 cm³/mol. The molecular weight excluding hydrogens is 194 g/mol. The van der Waals surface area contributed by atoms with E-state index < -0.39 is 0 Å². The van der Waals surface area contributed by atoms with Crippen LogP contribution in [0.3, 0.4) is 0 Å². The molecule has 2 aliphatic rings. The van der Waals surface area contributed by atoms with Crippen LogP contribution in [0.1, 0.15) is 61.6 Å². The lowest BCUT2D eigenvalue weighted by atomic mass is 9.79. The third kappa shape index (κ3) is 2.01. The van der Waals surface area contributed by atoms with Crippen LogP contribution >= 0.6 is 0 Å². The Bertz CT molecular complexity index is 331. The zero-order chi connectivity index (χ0) is 10.8. The lowest BCUT2D eigenvalue weighted by molar-refractivity contribution is 0.409. The van der Waals surface area contributed by atoms with E-state index in [-0.39, 0.29) is 0 Å². The van der Waals surface area contributed by atoms with Gasteiger partial charge in [0.1, 0.15) is 0 Å². The minimum atomic E-state index is 0.615. The molecular formula is C15H21N. The summed E-state index contributed by atoms with van der Waals surface area (Å²) in [7, 11) is 0. The first-order chi connectivity index (χ1) is 7.93. The molecule has 1 N–H and O–H groups in total. The van der Waals surface area contributed by atoms with E-state index in [0.717, 1.165) is 5.92 Å². The summed E-state index contributed by atoms with van der Waals surface area (Å²) in [5.41, 5.74) is 3.05. The van der Waals surface area contributed by atoms with E-state index in [0.29, 0.717) is 6.04 Å². The molecule has 0 bridgehead atoms. The van der Waals surface area contributed by atoms with Crippen molar-refractivity contribution in [1.29, 1.82) is 0 Å². The molecule has 0 aromatic heterocycles. The highest BCUT2D eigenvalue weighted by atomic mass is 14.9. The van der Waals surface area contributed by atoms with Crippen LogP contribution in [0.5, 0.6) is 0 Å². The molecule has 16 heavy (non-hydrogen) atoms. The fourth-order valence-corrected chi connectivity index (χ4v) is 2.88. The van der Waals surface area contributed by atoms with Crippen molar-refractivity contribution in [1.82, 2.24) is 5.32 Å². The standard InChI is InChI=1S/C15H21N/c1-2-11-16-15(6-1)14-9-7-13(8-10-14)12-4-3-5-12/h7-10,12,15-16H,1-6,11H2. The molecule has 1 unspecified atom stereocenters. The van der Waals surface area contributed by atoms with Crippen LogP contribution in [-0.4, -0.2) is 6.54 Å². The average molecular weight is 215 g/mol. The van der Waals surface area contributed by atoms with Gasteiger partial charge in [0.2, 0.25) is 0 Å².